The molecule has 1 aliphatic rings. The van der Waals surface area contributed by atoms with Gasteiger partial charge in [-0.25, -0.2) is 0 Å². The fourth-order valence-corrected chi connectivity index (χ4v) is 3.00. The van der Waals surface area contributed by atoms with E-state index < -0.39 is 0 Å². The second kappa shape index (κ2) is 9.03. The van der Waals surface area contributed by atoms with Crippen molar-refractivity contribution in [3.63, 3.8) is 0 Å². The van der Waals surface area contributed by atoms with E-state index in [0.717, 1.165) is 37.2 Å². The summed E-state index contributed by atoms with van der Waals surface area (Å²) in [5.41, 5.74) is 2.23. The summed E-state index contributed by atoms with van der Waals surface area (Å²) in [4.78, 5) is 26.3. The van der Waals surface area contributed by atoms with Crippen molar-refractivity contribution in [1.82, 2.24) is 4.90 Å². The molecular formula is C22H24N2O3. The average molecular weight is 364 g/mol. The van der Waals surface area contributed by atoms with Crippen LogP contribution in [-0.4, -0.2) is 36.4 Å². The van der Waals surface area contributed by atoms with Crippen molar-refractivity contribution in [3.8, 4) is 5.75 Å². The van der Waals surface area contributed by atoms with Crippen molar-refractivity contribution in [1.29, 1.82) is 0 Å². The number of nitrogens with one attached hydrogen (secondary N) is 1. The number of rotatable bonds is 6. The smallest absolute Gasteiger partial charge is 0.253 e. The van der Waals surface area contributed by atoms with Gasteiger partial charge in [0.25, 0.3) is 5.91 Å². The van der Waals surface area contributed by atoms with E-state index in [1.165, 1.54) is 6.08 Å². The lowest BCUT2D eigenvalue weighted by atomic mass is 10.1. The molecule has 0 saturated carbocycles. The van der Waals surface area contributed by atoms with Gasteiger partial charge in [-0.15, -0.1) is 0 Å². The lowest BCUT2D eigenvalue weighted by Gasteiger charge is -2.15. The molecule has 1 heterocycles. The first-order valence-electron chi connectivity index (χ1n) is 9.27. The number of ether oxygens (including phenoxy) is 1. The topological polar surface area (TPSA) is 58.6 Å². The van der Waals surface area contributed by atoms with Gasteiger partial charge in [-0.2, -0.15) is 0 Å². The third kappa shape index (κ3) is 5.20. The van der Waals surface area contributed by atoms with Crippen molar-refractivity contribution in [3.05, 3.63) is 65.7 Å². The van der Waals surface area contributed by atoms with Gasteiger partial charge in [0.1, 0.15) is 5.75 Å². The van der Waals surface area contributed by atoms with Gasteiger partial charge < -0.3 is 15.0 Å². The van der Waals surface area contributed by atoms with Crippen LogP contribution in [0.25, 0.3) is 6.08 Å². The fraction of sp³-hybridized carbons (Fsp3) is 0.273. The van der Waals surface area contributed by atoms with Crippen LogP contribution < -0.4 is 10.1 Å². The largest absolute Gasteiger partial charge is 0.494 e. The number of likely N-dealkylation sites (tertiary alicyclic amines) is 1. The Bertz CT molecular complexity index is 804. The fourth-order valence-electron chi connectivity index (χ4n) is 3.00. The van der Waals surface area contributed by atoms with Crippen molar-refractivity contribution >= 4 is 23.6 Å². The highest BCUT2D eigenvalue weighted by Crippen LogP contribution is 2.16. The zero-order chi connectivity index (χ0) is 19.1. The normalized spacial score (nSPS) is 13.7. The molecule has 3 rings (SSSR count). The number of hydrogen-bond acceptors (Lipinski definition) is 3. The highest BCUT2D eigenvalue weighted by Gasteiger charge is 2.19. The SMILES string of the molecule is CCOc1ccc(/C=C/C(=O)Nc2ccc(C(=O)N3CCCC3)cc2)cc1. The Morgan fingerprint density at radius 2 is 1.70 bits per heavy atom. The summed E-state index contributed by atoms with van der Waals surface area (Å²) >= 11 is 0. The molecule has 2 aromatic carbocycles. The first-order chi connectivity index (χ1) is 13.2. The predicted molar refractivity (Wildman–Crippen MR) is 107 cm³/mol. The molecule has 140 valence electrons. The minimum atomic E-state index is -0.220. The van der Waals surface area contributed by atoms with Crippen LogP contribution in [0.15, 0.2) is 54.6 Å². The Balaban J connectivity index is 1.54. The van der Waals surface area contributed by atoms with E-state index in [9.17, 15) is 9.59 Å². The zero-order valence-electron chi connectivity index (χ0n) is 15.5. The molecule has 1 fully saturated rings. The number of nitrogens with zero attached hydrogens (tertiary/aromatic N) is 1. The number of hydrogen-bond donors (Lipinski definition) is 1. The van der Waals surface area contributed by atoms with Gasteiger partial charge in [0.15, 0.2) is 0 Å². The molecule has 2 aromatic rings. The monoisotopic (exact) mass is 364 g/mol. The van der Waals surface area contributed by atoms with Gasteiger partial charge in [-0.05, 0) is 67.8 Å². The molecule has 0 aromatic heterocycles. The summed E-state index contributed by atoms with van der Waals surface area (Å²) in [6, 6.07) is 14.6. The van der Waals surface area contributed by atoms with Crippen LogP contribution in [0, 0.1) is 0 Å². The van der Waals surface area contributed by atoms with Gasteiger partial charge in [0.05, 0.1) is 6.61 Å². The second-order valence-electron chi connectivity index (χ2n) is 6.40. The molecule has 0 aliphatic carbocycles. The van der Waals surface area contributed by atoms with Gasteiger partial charge in [-0.1, -0.05) is 12.1 Å². The molecule has 0 unspecified atom stereocenters. The van der Waals surface area contributed by atoms with Crippen LogP contribution in [0.2, 0.25) is 0 Å². The van der Waals surface area contributed by atoms with Crippen LogP contribution in [0.1, 0.15) is 35.7 Å². The first kappa shape index (κ1) is 18.7. The standard InChI is InChI=1S/C22H24N2O3/c1-2-27-20-12-5-17(6-13-20)7-14-21(25)23-19-10-8-18(9-11-19)22(26)24-15-3-4-16-24/h5-14H,2-4,15-16H2,1H3,(H,23,25)/b14-7+. The molecule has 1 N–H and O–H groups in total. The highest BCUT2D eigenvalue weighted by atomic mass is 16.5. The van der Waals surface area contributed by atoms with Crippen molar-refractivity contribution in [2.75, 3.05) is 25.0 Å². The number of carbonyl (C=O) groups is 2. The Hall–Kier alpha value is -3.08. The molecule has 27 heavy (non-hydrogen) atoms. The van der Waals surface area contributed by atoms with Crippen LogP contribution in [0.4, 0.5) is 5.69 Å². The van der Waals surface area contributed by atoms with Gasteiger partial charge in [0.2, 0.25) is 5.91 Å². The van der Waals surface area contributed by atoms with E-state index >= 15 is 0 Å². The summed E-state index contributed by atoms with van der Waals surface area (Å²) in [5.74, 6) is 0.644. The Kier molecular flexibility index (Phi) is 6.26. The molecule has 5 nitrogen and oxygen atoms in total. The first-order valence-corrected chi connectivity index (χ1v) is 9.27. The summed E-state index contributed by atoms with van der Waals surface area (Å²) in [6.07, 6.45) is 5.37. The molecule has 2 amide bonds. The number of benzene rings is 2. The number of carbonyl (C=O) groups excluding carboxylic acids is 2. The van der Waals surface area contributed by atoms with E-state index in [2.05, 4.69) is 5.32 Å². The highest BCUT2D eigenvalue weighted by molar-refractivity contribution is 6.02. The lowest BCUT2D eigenvalue weighted by molar-refractivity contribution is -0.111. The predicted octanol–water partition coefficient (Wildman–Crippen LogP) is 3.97. The molecule has 1 saturated heterocycles. The molecule has 1 aliphatic heterocycles. The van der Waals surface area contributed by atoms with Crippen LogP contribution in [0.3, 0.4) is 0 Å². The Morgan fingerprint density at radius 1 is 1.04 bits per heavy atom. The molecular weight excluding hydrogens is 340 g/mol. The van der Waals surface area contributed by atoms with E-state index in [1.54, 1.807) is 30.3 Å². The maximum atomic E-state index is 12.3. The van der Waals surface area contributed by atoms with Crippen LogP contribution in [-0.2, 0) is 4.79 Å². The van der Waals surface area contributed by atoms with Crippen LogP contribution >= 0.6 is 0 Å². The second-order valence-corrected chi connectivity index (χ2v) is 6.40. The molecule has 0 radical (unpaired) electrons. The maximum absolute atomic E-state index is 12.3. The van der Waals surface area contributed by atoms with Crippen molar-refractivity contribution < 1.29 is 14.3 Å². The molecule has 0 spiro atoms. The van der Waals surface area contributed by atoms with Gasteiger partial charge in [-0.3, -0.25) is 9.59 Å². The van der Waals surface area contributed by atoms with Crippen LogP contribution in [0.5, 0.6) is 5.75 Å². The third-order valence-electron chi connectivity index (χ3n) is 4.41. The summed E-state index contributed by atoms with van der Waals surface area (Å²) in [6.45, 7) is 4.22. The Morgan fingerprint density at radius 3 is 2.33 bits per heavy atom. The molecule has 5 heteroatoms. The van der Waals surface area contributed by atoms with Crippen molar-refractivity contribution in [2.24, 2.45) is 0 Å². The summed E-state index contributed by atoms with van der Waals surface area (Å²) in [5, 5.41) is 2.80. The van der Waals surface area contributed by atoms with E-state index in [0.29, 0.717) is 17.9 Å². The lowest BCUT2D eigenvalue weighted by Crippen LogP contribution is -2.27. The van der Waals surface area contributed by atoms with Crippen molar-refractivity contribution in [2.45, 2.75) is 19.8 Å². The van der Waals surface area contributed by atoms with Gasteiger partial charge in [0, 0.05) is 30.4 Å². The van der Waals surface area contributed by atoms with E-state index in [4.69, 9.17) is 4.74 Å². The zero-order valence-corrected chi connectivity index (χ0v) is 15.5. The quantitative estimate of drug-likeness (QED) is 0.789. The third-order valence-corrected chi connectivity index (χ3v) is 4.41. The molecule has 0 atom stereocenters. The average Bonchev–Trinajstić information content (AvgIpc) is 3.23. The summed E-state index contributed by atoms with van der Waals surface area (Å²) < 4.78 is 5.39. The number of anilines is 1. The van der Waals surface area contributed by atoms with Gasteiger partial charge >= 0.3 is 0 Å². The van der Waals surface area contributed by atoms with E-state index in [-0.39, 0.29) is 11.8 Å². The van der Waals surface area contributed by atoms with E-state index in [1.807, 2.05) is 36.1 Å². The maximum Gasteiger partial charge on any atom is 0.253 e. The minimum absolute atomic E-state index is 0.0563. The number of amides is 2. The minimum Gasteiger partial charge on any atom is -0.494 e. The summed E-state index contributed by atoms with van der Waals surface area (Å²) in [7, 11) is 0. The molecule has 0 bridgehead atoms. The Labute approximate surface area is 159 Å².